The highest BCUT2D eigenvalue weighted by atomic mass is 32.2. The lowest BCUT2D eigenvalue weighted by molar-refractivity contribution is 0.597. The third kappa shape index (κ3) is 3.90. The fourth-order valence-electron chi connectivity index (χ4n) is 1.45. The van der Waals surface area contributed by atoms with Crippen LogP contribution in [0.3, 0.4) is 0 Å². The van der Waals surface area contributed by atoms with E-state index in [-0.39, 0.29) is 4.90 Å². The Morgan fingerprint density at radius 2 is 2.00 bits per heavy atom. The lowest BCUT2D eigenvalue weighted by Gasteiger charge is -2.11. The van der Waals surface area contributed by atoms with E-state index in [2.05, 4.69) is 6.92 Å². The number of sulfonamides is 1. The van der Waals surface area contributed by atoms with Crippen molar-refractivity contribution >= 4 is 27.5 Å². The molecule has 4 nitrogen and oxygen atoms in total. The first kappa shape index (κ1) is 14.3. The number of thioether (sulfide) groups is 1. The Kier molecular flexibility index (Phi) is 4.85. The molecular formula is C11H18N2O2S2. The first-order valence-electron chi connectivity index (χ1n) is 5.42. The molecule has 0 aliphatic carbocycles. The van der Waals surface area contributed by atoms with Gasteiger partial charge < -0.3 is 5.73 Å². The molecule has 6 heteroatoms. The number of unbranched alkanes of at least 4 members (excludes halogenated alkanes) is 1. The van der Waals surface area contributed by atoms with Gasteiger partial charge in [0.05, 0.1) is 4.90 Å². The van der Waals surface area contributed by atoms with E-state index in [1.807, 2.05) is 0 Å². The van der Waals surface area contributed by atoms with E-state index >= 15 is 0 Å². The van der Waals surface area contributed by atoms with Crippen molar-refractivity contribution in [3.63, 3.8) is 0 Å². The Morgan fingerprint density at radius 3 is 2.53 bits per heavy atom. The summed E-state index contributed by atoms with van der Waals surface area (Å²) in [6, 6.07) is 3.21. The van der Waals surface area contributed by atoms with Gasteiger partial charge in [0.25, 0.3) is 0 Å². The number of hydrogen-bond acceptors (Lipinski definition) is 4. The molecule has 0 aromatic heterocycles. The minimum Gasteiger partial charge on any atom is -0.399 e. The van der Waals surface area contributed by atoms with Crippen LogP contribution in [0, 0.1) is 6.92 Å². The number of benzene rings is 1. The lowest BCUT2D eigenvalue weighted by atomic mass is 10.2. The maximum atomic E-state index is 11.4. The van der Waals surface area contributed by atoms with E-state index < -0.39 is 10.0 Å². The van der Waals surface area contributed by atoms with Gasteiger partial charge in [-0.25, -0.2) is 13.6 Å². The summed E-state index contributed by atoms with van der Waals surface area (Å²) in [5.41, 5.74) is 6.81. The van der Waals surface area contributed by atoms with Crippen LogP contribution < -0.4 is 10.9 Å². The van der Waals surface area contributed by atoms with Gasteiger partial charge in [-0.1, -0.05) is 13.3 Å². The van der Waals surface area contributed by atoms with Gasteiger partial charge in [0, 0.05) is 10.6 Å². The molecule has 0 bridgehead atoms. The molecule has 0 amide bonds. The van der Waals surface area contributed by atoms with Gasteiger partial charge in [-0.15, -0.1) is 11.8 Å². The molecule has 17 heavy (non-hydrogen) atoms. The zero-order valence-corrected chi connectivity index (χ0v) is 11.7. The van der Waals surface area contributed by atoms with Crippen LogP contribution in [0.25, 0.3) is 0 Å². The molecule has 96 valence electrons. The summed E-state index contributed by atoms with van der Waals surface area (Å²) >= 11 is 1.62. The third-order valence-electron chi connectivity index (χ3n) is 2.40. The van der Waals surface area contributed by atoms with E-state index in [4.69, 9.17) is 10.9 Å². The molecule has 1 rings (SSSR count). The van der Waals surface area contributed by atoms with Crippen molar-refractivity contribution in [2.75, 3.05) is 11.5 Å². The second-order valence-corrected chi connectivity index (χ2v) is 6.56. The molecule has 0 heterocycles. The van der Waals surface area contributed by atoms with Crippen LogP contribution in [0.2, 0.25) is 0 Å². The topological polar surface area (TPSA) is 86.2 Å². The quantitative estimate of drug-likeness (QED) is 0.489. The van der Waals surface area contributed by atoms with Gasteiger partial charge in [-0.2, -0.15) is 0 Å². The predicted molar refractivity (Wildman–Crippen MR) is 72.6 cm³/mol. The summed E-state index contributed by atoms with van der Waals surface area (Å²) in [4.78, 5) is 1.01. The van der Waals surface area contributed by atoms with Crippen LogP contribution in [0.4, 0.5) is 5.69 Å². The van der Waals surface area contributed by atoms with Crippen molar-refractivity contribution in [1.82, 2.24) is 0 Å². The van der Waals surface area contributed by atoms with Crippen LogP contribution in [-0.4, -0.2) is 14.2 Å². The Hall–Kier alpha value is -0.720. The van der Waals surface area contributed by atoms with Crippen molar-refractivity contribution in [3.05, 3.63) is 17.7 Å². The summed E-state index contributed by atoms with van der Waals surface area (Å²) in [5, 5.41) is 5.16. The maximum Gasteiger partial charge on any atom is 0.238 e. The largest absolute Gasteiger partial charge is 0.399 e. The SMILES string of the molecule is CCCCSc1cc(N)cc(S(N)(=O)=O)c1C. The monoisotopic (exact) mass is 274 g/mol. The number of nitrogen functional groups attached to an aromatic ring is 1. The average Bonchev–Trinajstić information content (AvgIpc) is 2.21. The first-order valence-corrected chi connectivity index (χ1v) is 7.95. The number of rotatable bonds is 5. The Bertz CT molecular complexity index is 498. The lowest BCUT2D eigenvalue weighted by Crippen LogP contribution is -2.14. The smallest absolute Gasteiger partial charge is 0.238 e. The van der Waals surface area contributed by atoms with E-state index in [9.17, 15) is 8.42 Å². The van der Waals surface area contributed by atoms with Gasteiger partial charge in [-0.3, -0.25) is 0 Å². The Balaban J connectivity index is 3.11. The summed E-state index contributed by atoms with van der Waals surface area (Å²) in [7, 11) is -3.70. The molecule has 0 saturated heterocycles. The molecule has 0 fully saturated rings. The van der Waals surface area contributed by atoms with Crippen molar-refractivity contribution in [3.8, 4) is 0 Å². The minimum absolute atomic E-state index is 0.122. The molecule has 1 aromatic rings. The highest BCUT2D eigenvalue weighted by Crippen LogP contribution is 2.30. The minimum atomic E-state index is -3.70. The third-order valence-corrected chi connectivity index (χ3v) is 4.66. The summed E-state index contributed by atoms with van der Waals surface area (Å²) in [5.74, 6) is 0.949. The van der Waals surface area contributed by atoms with E-state index in [0.29, 0.717) is 11.3 Å². The molecule has 0 atom stereocenters. The summed E-state index contributed by atoms with van der Waals surface area (Å²) in [6.07, 6.45) is 2.19. The summed E-state index contributed by atoms with van der Waals surface area (Å²) in [6.45, 7) is 3.87. The Labute approximate surface area is 107 Å². The van der Waals surface area contributed by atoms with E-state index in [0.717, 1.165) is 23.5 Å². The summed E-state index contributed by atoms with van der Waals surface area (Å²) < 4.78 is 22.8. The van der Waals surface area contributed by atoms with Crippen LogP contribution in [0.15, 0.2) is 21.9 Å². The molecule has 0 saturated carbocycles. The molecule has 1 aromatic carbocycles. The molecular weight excluding hydrogens is 256 g/mol. The average molecular weight is 274 g/mol. The highest BCUT2D eigenvalue weighted by Gasteiger charge is 2.15. The van der Waals surface area contributed by atoms with Crippen LogP contribution in [0.1, 0.15) is 25.3 Å². The number of nitrogens with two attached hydrogens (primary N) is 2. The van der Waals surface area contributed by atoms with Gasteiger partial charge in [0.15, 0.2) is 0 Å². The molecule has 0 aliphatic heterocycles. The van der Waals surface area contributed by atoms with Crippen molar-refractivity contribution < 1.29 is 8.42 Å². The van der Waals surface area contributed by atoms with E-state index in [1.165, 1.54) is 6.07 Å². The molecule has 0 unspecified atom stereocenters. The van der Waals surface area contributed by atoms with Crippen LogP contribution in [-0.2, 0) is 10.0 Å². The number of hydrogen-bond donors (Lipinski definition) is 2. The first-order chi connectivity index (χ1) is 7.86. The second kappa shape index (κ2) is 5.75. The van der Waals surface area contributed by atoms with Crippen LogP contribution in [0.5, 0.6) is 0 Å². The maximum absolute atomic E-state index is 11.4. The number of anilines is 1. The van der Waals surface area contributed by atoms with Gasteiger partial charge in [0.1, 0.15) is 0 Å². The highest BCUT2D eigenvalue weighted by molar-refractivity contribution is 7.99. The van der Waals surface area contributed by atoms with Crippen LogP contribution >= 0.6 is 11.8 Å². The van der Waals surface area contributed by atoms with Crippen molar-refractivity contribution in [2.24, 2.45) is 5.14 Å². The van der Waals surface area contributed by atoms with Crippen molar-refractivity contribution in [1.29, 1.82) is 0 Å². The Morgan fingerprint density at radius 1 is 1.35 bits per heavy atom. The van der Waals surface area contributed by atoms with E-state index in [1.54, 1.807) is 24.8 Å². The fraction of sp³-hybridized carbons (Fsp3) is 0.455. The normalized spacial score (nSPS) is 11.7. The van der Waals surface area contributed by atoms with Crippen molar-refractivity contribution in [2.45, 2.75) is 36.5 Å². The van der Waals surface area contributed by atoms with Gasteiger partial charge in [0.2, 0.25) is 10.0 Å². The van der Waals surface area contributed by atoms with Gasteiger partial charge >= 0.3 is 0 Å². The standard InChI is InChI=1S/C11H18N2O2S2/c1-3-4-5-16-10-6-9(12)7-11(8(10)2)17(13,14)15/h6-7H,3-5,12H2,1-2H3,(H2,13,14,15). The predicted octanol–water partition coefficient (Wildman–Crippen LogP) is 2.12. The molecule has 0 spiro atoms. The molecule has 0 aliphatic rings. The van der Waals surface area contributed by atoms with Gasteiger partial charge in [-0.05, 0) is 36.8 Å². The molecule has 0 radical (unpaired) electrons. The zero-order chi connectivity index (χ0) is 13.1. The zero-order valence-electron chi connectivity index (χ0n) is 10.1. The number of primary sulfonamides is 1. The second-order valence-electron chi connectivity index (χ2n) is 3.89. The molecule has 4 N–H and O–H groups in total. The fourth-order valence-corrected chi connectivity index (χ4v) is 3.55.